The van der Waals surface area contributed by atoms with Crippen LogP contribution in [-0.4, -0.2) is 16.5 Å². The molecular weight excluding hydrogens is 242 g/mol. The summed E-state index contributed by atoms with van der Waals surface area (Å²) in [6.45, 7) is 5.13. The van der Waals surface area contributed by atoms with E-state index in [1.165, 1.54) is 0 Å². The number of fused-ring (bicyclic) bond motifs is 1. The molecule has 1 aliphatic rings. The molecule has 0 saturated carbocycles. The van der Waals surface area contributed by atoms with Crippen molar-refractivity contribution in [2.75, 3.05) is 12.3 Å². The first-order chi connectivity index (χ1) is 7.65. The van der Waals surface area contributed by atoms with Gasteiger partial charge in [0, 0.05) is 11.8 Å². The minimum absolute atomic E-state index is 0.274. The molecule has 16 heavy (non-hydrogen) atoms. The third-order valence-electron chi connectivity index (χ3n) is 2.97. The summed E-state index contributed by atoms with van der Waals surface area (Å²) in [5.74, 6) is 1.07. The molecule has 0 saturated heterocycles. The quantitative estimate of drug-likeness (QED) is 0.883. The van der Waals surface area contributed by atoms with Gasteiger partial charge in [-0.2, -0.15) is 0 Å². The second kappa shape index (κ2) is 4.86. The lowest BCUT2D eigenvalue weighted by atomic mass is 9.95. The highest BCUT2D eigenvalue weighted by Crippen LogP contribution is 2.37. The van der Waals surface area contributed by atoms with E-state index < -0.39 is 10.8 Å². The highest BCUT2D eigenvalue weighted by atomic mass is 35.5. The average Bonchev–Trinajstić information content (AvgIpc) is 2.23. The Kier molecular flexibility index (Phi) is 3.67. The average molecular weight is 258 g/mol. The summed E-state index contributed by atoms with van der Waals surface area (Å²) in [6.07, 6.45) is 0. The van der Waals surface area contributed by atoms with Crippen LogP contribution in [0.1, 0.15) is 25.5 Å². The Bertz CT molecular complexity index is 421. The number of nitrogens with one attached hydrogen (secondary N) is 1. The van der Waals surface area contributed by atoms with E-state index in [1.54, 1.807) is 0 Å². The summed E-state index contributed by atoms with van der Waals surface area (Å²) in [5, 5.41) is 4.08. The zero-order valence-electron chi connectivity index (χ0n) is 9.50. The molecule has 1 N–H and O–H groups in total. The van der Waals surface area contributed by atoms with Crippen molar-refractivity contribution >= 4 is 22.4 Å². The molecule has 0 amide bonds. The smallest absolute Gasteiger partial charge is 0.0622 e. The van der Waals surface area contributed by atoms with Crippen molar-refractivity contribution in [1.29, 1.82) is 0 Å². The lowest BCUT2D eigenvalue weighted by Gasteiger charge is -2.31. The molecule has 4 heteroatoms. The summed E-state index contributed by atoms with van der Waals surface area (Å²) in [6, 6.07) is 6.05. The number of rotatable bonds is 2. The van der Waals surface area contributed by atoms with Gasteiger partial charge in [0.25, 0.3) is 0 Å². The summed E-state index contributed by atoms with van der Waals surface area (Å²) in [5.41, 5.74) is 1.10. The minimum Gasteiger partial charge on any atom is -0.310 e. The van der Waals surface area contributed by atoms with Crippen LogP contribution in [0.25, 0.3) is 0 Å². The van der Waals surface area contributed by atoms with Crippen LogP contribution in [0.2, 0.25) is 5.02 Å². The Morgan fingerprint density at radius 3 is 3.00 bits per heavy atom. The Morgan fingerprint density at radius 2 is 2.31 bits per heavy atom. The van der Waals surface area contributed by atoms with Crippen molar-refractivity contribution in [2.45, 2.75) is 24.8 Å². The fraction of sp³-hybridized carbons (Fsp3) is 0.500. The number of hydrogen-bond donors (Lipinski definition) is 1. The zero-order valence-corrected chi connectivity index (χ0v) is 11.1. The molecule has 1 aromatic rings. The molecule has 2 nitrogen and oxygen atoms in total. The van der Waals surface area contributed by atoms with Crippen LogP contribution < -0.4 is 5.32 Å². The normalized spacial score (nSPS) is 28.8. The molecule has 3 unspecified atom stereocenters. The van der Waals surface area contributed by atoms with E-state index in [0.717, 1.165) is 17.0 Å². The van der Waals surface area contributed by atoms with Gasteiger partial charge in [-0.1, -0.05) is 37.6 Å². The number of halogens is 1. The van der Waals surface area contributed by atoms with Crippen molar-refractivity contribution < 1.29 is 4.21 Å². The van der Waals surface area contributed by atoms with Crippen molar-refractivity contribution in [3.8, 4) is 0 Å². The first-order valence-electron chi connectivity index (χ1n) is 5.55. The predicted octanol–water partition coefficient (Wildman–Crippen LogP) is 2.75. The first-order valence-corrected chi connectivity index (χ1v) is 7.25. The highest BCUT2D eigenvalue weighted by molar-refractivity contribution is 7.85. The lowest BCUT2D eigenvalue weighted by molar-refractivity contribution is 0.411. The van der Waals surface area contributed by atoms with E-state index in [1.807, 2.05) is 18.2 Å². The maximum Gasteiger partial charge on any atom is 0.0622 e. The topological polar surface area (TPSA) is 29.1 Å². The van der Waals surface area contributed by atoms with Crippen LogP contribution in [0, 0.1) is 5.92 Å². The van der Waals surface area contributed by atoms with Gasteiger partial charge in [0.2, 0.25) is 0 Å². The Morgan fingerprint density at radius 1 is 1.56 bits per heavy atom. The maximum absolute atomic E-state index is 12.1. The fourth-order valence-corrected chi connectivity index (χ4v) is 4.29. The Hall–Kier alpha value is -0.380. The molecule has 0 aromatic heterocycles. The van der Waals surface area contributed by atoms with E-state index in [4.69, 9.17) is 11.6 Å². The predicted molar refractivity (Wildman–Crippen MR) is 68.3 cm³/mol. The third kappa shape index (κ3) is 2.04. The van der Waals surface area contributed by atoms with E-state index in [0.29, 0.717) is 16.7 Å². The maximum atomic E-state index is 12.1. The van der Waals surface area contributed by atoms with Crippen LogP contribution in [0.3, 0.4) is 0 Å². The number of benzene rings is 1. The summed E-state index contributed by atoms with van der Waals surface area (Å²) in [4.78, 5) is 0.827. The molecule has 88 valence electrons. The third-order valence-corrected chi connectivity index (χ3v) is 5.13. The van der Waals surface area contributed by atoms with Crippen molar-refractivity contribution in [1.82, 2.24) is 5.32 Å². The highest BCUT2D eigenvalue weighted by Gasteiger charge is 2.31. The lowest BCUT2D eigenvalue weighted by Crippen LogP contribution is -2.34. The second-order valence-corrected chi connectivity index (χ2v) is 6.02. The van der Waals surface area contributed by atoms with Gasteiger partial charge in [-0.15, -0.1) is 0 Å². The molecule has 2 rings (SSSR count). The Labute approximate surface area is 104 Å². The van der Waals surface area contributed by atoms with Crippen molar-refractivity contribution in [3.63, 3.8) is 0 Å². The monoisotopic (exact) mass is 257 g/mol. The molecule has 0 aliphatic carbocycles. The molecule has 1 heterocycles. The minimum atomic E-state index is -0.953. The first kappa shape index (κ1) is 12.1. The van der Waals surface area contributed by atoms with E-state index in [-0.39, 0.29) is 6.04 Å². The van der Waals surface area contributed by atoms with Gasteiger partial charge in [-0.25, -0.2) is 0 Å². The van der Waals surface area contributed by atoms with Crippen LogP contribution in [0.4, 0.5) is 0 Å². The van der Waals surface area contributed by atoms with Gasteiger partial charge in [-0.3, -0.25) is 4.21 Å². The second-order valence-electron chi connectivity index (χ2n) is 4.18. The van der Waals surface area contributed by atoms with Gasteiger partial charge >= 0.3 is 0 Å². The van der Waals surface area contributed by atoms with Gasteiger partial charge in [0.05, 0.1) is 20.7 Å². The zero-order chi connectivity index (χ0) is 11.7. The van der Waals surface area contributed by atoms with E-state index >= 15 is 0 Å². The molecule has 1 aromatic carbocycles. The van der Waals surface area contributed by atoms with Gasteiger partial charge in [-0.05, 0) is 24.1 Å². The molecule has 0 fully saturated rings. The number of hydrogen-bond acceptors (Lipinski definition) is 2. The summed E-state index contributed by atoms with van der Waals surface area (Å²) < 4.78 is 12.1. The van der Waals surface area contributed by atoms with Gasteiger partial charge < -0.3 is 5.32 Å². The SMILES string of the molecule is CCNC1c2cccc(Cl)c2S(=O)CC1C. The molecule has 3 atom stereocenters. The molecular formula is C12H16ClNOS. The largest absolute Gasteiger partial charge is 0.310 e. The molecule has 1 aliphatic heterocycles. The van der Waals surface area contributed by atoms with Crippen molar-refractivity contribution in [2.24, 2.45) is 5.92 Å². The van der Waals surface area contributed by atoms with Crippen molar-refractivity contribution in [3.05, 3.63) is 28.8 Å². The van der Waals surface area contributed by atoms with E-state index in [9.17, 15) is 4.21 Å². The van der Waals surface area contributed by atoms with Gasteiger partial charge in [0.15, 0.2) is 0 Å². The molecule has 0 spiro atoms. The molecule has 0 radical (unpaired) electrons. The van der Waals surface area contributed by atoms with Crippen LogP contribution >= 0.6 is 11.6 Å². The molecule has 0 bridgehead atoms. The fourth-order valence-electron chi connectivity index (χ4n) is 2.27. The summed E-state index contributed by atoms with van der Waals surface area (Å²) >= 11 is 6.13. The van der Waals surface area contributed by atoms with Crippen LogP contribution in [0.15, 0.2) is 23.1 Å². The summed E-state index contributed by atoms with van der Waals surface area (Å²) in [7, 11) is -0.953. The van der Waals surface area contributed by atoms with Crippen LogP contribution in [0.5, 0.6) is 0 Å². The van der Waals surface area contributed by atoms with Crippen LogP contribution in [-0.2, 0) is 10.8 Å². The standard InChI is InChI=1S/C12H16ClNOS/c1-3-14-11-8(2)7-16(15)12-9(11)5-4-6-10(12)13/h4-6,8,11,14H,3,7H2,1-2H3. The Balaban J connectivity index is 2.50. The van der Waals surface area contributed by atoms with Gasteiger partial charge in [0.1, 0.15) is 0 Å². The van der Waals surface area contributed by atoms with E-state index in [2.05, 4.69) is 19.2 Å².